The minimum atomic E-state index is -0.527. The SMILES string of the molecule is Cc1c(C)c(-c2c(-c3ccccc3F)ncnc2-c2ccccc2F)c2nsnc2c1-c1c(-c2ccccc2F)ncnc1-c1ccccc1F. The van der Waals surface area contributed by atoms with Crippen LogP contribution in [-0.2, 0) is 0 Å². The fraction of sp³-hybridized carbons (Fsp3) is 0.0500. The third kappa shape index (κ3) is 5.33. The summed E-state index contributed by atoms with van der Waals surface area (Å²) >= 11 is 0.929. The third-order valence-corrected chi connectivity index (χ3v) is 9.51. The number of rotatable bonds is 6. The zero-order chi connectivity index (χ0) is 35.2. The van der Waals surface area contributed by atoms with Crippen LogP contribution in [0.3, 0.4) is 0 Å². The van der Waals surface area contributed by atoms with E-state index in [1.807, 2.05) is 13.8 Å². The Morgan fingerprint density at radius 3 is 0.941 bits per heavy atom. The number of hydrogen-bond donors (Lipinski definition) is 0. The highest BCUT2D eigenvalue weighted by molar-refractivity contribution is 7.00. The molecule has 0 amide bonds. The average Bonchev–Trinajstić information content (AvgIpc) is 3.62. The van der Waals surface area contributed by atoms with E-state index in [1.165, 1.54) is 36.9 Å². The number of nitrogens with zero attached hydrogens (tertiary/aromatic N) is 6. The molecule has 5 aromatic carbocycles. The molecule has 0 unspecified atom stereocenters. The average molecular weight is 697 g/mol. The highest BCUT2D eigenvalue weighted by atomic mass is 32.1. The molecular formula is C40H24F4N6S. The summed E-state index contributed by atoms with van der Waals surface area (Å²) in [6.07, 6.45) is 2.56. The van der Waals surface area contributed by atoms with Gasteiger partial charge in [0, 0.05) is 44.5 Å². The molecule has 0 radical (unpaired) electrons. The fourth-order valence-corrected chi connectivity index (χ4v) is 7.09. The molecule has 248 valence electrons. The molecule has 11 heteroatoms. The molecule has 0 aliphatic rings. The van der Waals surface area contributed by atoms with Crippen LogP contribution in [0.15, 0.2) is 110 Å². The van der Waals surface area contributed by atoms with Crippen molar-refractivity contribution in [3.63, 3.8) is 0 Å². The molecule has 6 nitrogen and oxygen atoms in total. The Labute approximate surface area is 293 Å². The Morgan fingerprint density at radius 2 is 0.667 bits per heavy atom. The predicted octanol–water partition coefficient (Wildman–Crippen LogP) is 10.4. The minimum Gasteiger partial charge on any atom is -0.236 e. The van der Waals surface area contributed by atoms with Crippen LogP contribution in [0.25, 0.3) is 78.3 Å². The number of fused-ring (bicyclic) bond motifs is 1. The van der Waals surface area contributed by atoms with Crippen LogP contribution in [0.5, 0.6) is 0 Å². The van der Waals surface area contributed by atoms with Gasteiger partial charge in [-0.2, -0.15) is 8.75 Å². The zero-order valence-corrected chi connectivity index (χ0v) is 27.8. The molecule has 0 saturated carbocycles. The van der Waals surface area contributed by atoms with Crippen molar-refractivity contribution >= 4 is 22.8 Å². The van der Waals surface area contributed by atoms with Gasteiger partial charge in [0.05, 0.1) is 34.5 Å². The molecule has 0 aliphatic carbocycles. The number of aromatic nitrogens is 6. The Balaban J connectivity index is 1.52. The van der Waals surface area contributed by atoms with E-state index in [2.05, 4.69) is 19.9 Å². The van der Waals surface area contributed by atoms with Gasteiger partial charge in [-0.15, -0.1) is 0 Å². The molecule has 51 heavy (non-hydrogen) atoms. The maximum atomic E-state index is 15.5. The van der Waals surface area contributed by atoms with Gasteiger partial charge in [0.15, 0.2) is 0 Å². The molecule has 0 spiro atoms. The van der Waals surface area contributed by atoms with Crippen molar-refractivity contribution in [3.8, 4) is 67.3 Å². The van der Waals surface area contributed by atoms with Gasteiger partial charge in [-0.1, -0.05) is 48.5 Å². The van der Waals surface area contributed by atoms with E-state index < -0.39 is 23.3 Å². The van der Waals surface area contributed by atoms with Gasteiger partial charge in [0.25, 0.3) is 0 Å². The van der Waals surface area contributed by atoms with Gasteiger partial charge >= 0.3 is 0 Å². The van der Waals surface area contributed by atoms with Crippen molar-refractivity contribution in [2.75, 3.05) is 0 Å². The fourth-order valence-electron chi connectivity index (χ4n) is 6.53. The van der Waals surface area contributed by atoms with Gasteiger partial charge in [0.2, 0.25) is 0 Å². The molecule has 0 fully saturated rings. The summed E-state index contributed by atoms with van der Waals surface area (Å²) in [5.74, 6) is -2.11. The van der Waals surface area contributed by atoms with Gasteiger partial charge in [0.1, 0.15) is 47.0 Å². The summed E-state index contributed by atoms with van der Waals surface area (Å²) < 4.78 is 71.7. The largest absolute Gasteiger partial charge is 0.236 e. The first kappa shape index (κ1) is 32.0. The Bertz CT molecular complexity index is 2330. The van der Waals surface area contributed by atoms with E-state index in [0.29, 0.717) is 44.4 Å². The summed E-state index contributed by atoms with van der Waals surface area (Å²) in [5.41, 5.74) is 5.44. The summed E-state index contributed by atoms with van der Waals surface area (Å²) in [6, 6.07) is 24.8. The number of halogens is 4. The molecule has 0 atom stereocenters. The lowest BCUT2D eigenvalue weighted by atomic mass is 9.83. The molecule has 3 heterocycles. The van der Waals surface area contributed by atoms with Crippen molar-refractivity contribution in [2.24, 2.45) is 0 Å². The lowest BCUT2D eigenvalue weighted by Crippen LogP contribution is -2.05. The Kier molecular flexibility index (Phi) is 8.12. The molecule has 8 rings (SSSR count). The van der Waals surface area contributed by atoms with Gasteiger partial charge in [-0.25, -0.2) is 37.5 Å². The zero-order valence-electron chi connectivity index (χ0n) is 27.0. The van der Waals surface area contributed by atoms with Gasteiger partial charge in [-0.3, -0.25) is 0 Å². The molecule has 0 bridgehead atoms. The third-order valence-electron chi connectivity index (χ3n) is 8.99. The lowest BCUT2D eigenvalue weighted by Gasteiger charge is -2.22. The summed E-state index contributed by atoms with van der Waals surface area (Å²) in [7, 11) is 0. The monoisotopic (exact) mass is 696 g/mol. The first-order valence-corrected chi connectivity index (χ1v) is 16.5. The van der Waals surface area contributed by atoms with E-state index >= 15 is 17.6 Å². The first-order valence-electron chi connectivity index (χ1n) is 15.8. The predicted molar refractivity (Wildman–Crippen MR) is 191 cm³/mol. The van der Waals surface area contributed by atoms with Gasteiger partial charge in [-0.05, 0) is 73.5 Å². The number of benzene rings is 5. The molecular weight excluding hydrogens is 673 g/mol. The molecule has 0 saturated heterocycles. The Hall–Kier alpha value is -6.20. The highest BCUT2D eigenvalue weighted by Gasteiger charge is 2.30. The van der Waals surface area contributed by atoms with Crippen LogP contribution in [0.4, 0.5) is 17.6 Å². The van der Waals surface area contributed by atoms with Crippen LogP contribution in [0, 0.1) is 37.1 Å². The van der Waals surface area contributed by atoms with Crippen molar-refractivity contribution in [1.82, 2.24) is 28.7 Å². The maximum Gasteiger partial charge on any atom is 0.132 e. The van der Waals surface area contributed by atoms with E-state index in [4.69, 9.17) is 8.75 Å². The second-order valence-electron chi connectivity index (χ2n) is 11.8. The summed E-state index contributed by atoms with van der Waals surface area (Å²) in [6.45, 7) is 3.71. The molecule has 0 aliphatic heterocycles. The molecule has 0 N–H and O–H groups in total. The van der Waals surface area contributed by atoms with Crippen LogP contribution in [0.2, 0.25) is 0 Å². The Morgan fingerprint density at radius 1 is 0.392 bits per heavy atom. The molecule has 8 aromatic rings. The smallest absolute Gasteiger partial charge is 0.132 e. The van der Waals surface area contributed by atoms with Gasteiger partial charge < -0.3 is 0 Å². The van der Waals surface area contributed by atoms with Crippen molar-refractivity contribution < 1.29 is 17.6 Å². The summed E-state index contributed by atoms with van der Waals surface area (Å²) in [5, 5.41) is 0. The topological polar surface area (TPSA) is 77.3 Å². The van der Waals surface area contributed by atoms with E-state index in [0.717, 1.165) is 11.7 Å². The van der Waals surface area contributed by atoms with Crippen LogP contribution < -0.4 is 0 Å². The first-order chi connectivity index (χ1) is 24.8. The van der Waals surface area contributed by atoms with Crippen LogP contribution in [0.1, 0.15) is 11.1 Å². The summed E-state index contributed by atoms with van der Waals surface area (Å²) in [4.78, 5) is 18.2. The standard InChI is InChI=1S/C40H24F4N6S/c1-21-22(2)32(34-37(25-13-5-9-17-29(25)43)47-20-48-38(34)26-14-6-10-18-30(26)44)40-39(49-51-50-40)31(21)33-35(23-11-3-7-15-27(23)41)45-19-46-36(33)24-12-4-8-16-28(24)42/h3-20H,1-2H3. The van der Waals surface area contributed by atoms with Crippen molar-refractivity contribution in [3.05, 3.63) is 144 Å². The van der Waals surface area contributed by atoms with Crippen LogP contribution >= 0.6 is 11.7 Å². The number of hydrogen-bond acceptors (Lipinski definition) is 7. The second-order valence-corrected chi connectivity index (χ2v) is 12.3. The highest BCUT2D eigenvalue weighted by Crippen LogP contribution is 2.49. The second kappa shape index (κ2) is 12.9. The van der Waals surface area contributed by atoms with E-state index in [9.17, 15) is 0 Å². The maximum absolute atomic E-state index is 15.5. The van der Waals surface area contributed by atoms with E-state index in [-0.39, 0.29) is 45.0 Å². The van der Waals surface area contributed by atoms with E-state index in [1.54, 1.807) is 72.8 Å². The quantitative estimate of drug-likeness (QED) is 0.161. The lowest BCUT2D eigenvalue weighted by molar-refractivity contribution is 0.629. The molecule has 3 aromatic heterocycles. The van der Waals surface area contributed by atoms with Crippen molar-refractivity contribution in [1.29, 1.82) is 0 Å². The van der Waals surface area contributed by atoms with Crippen LogP contribution in [-0.4, -0.2) is 28.7 Å². The minimum absolute atomic E-state index is 0.185. The normalized spacial score (nSPS) is 11.3. The van der Waals surface area contributed by atoms with Crippen molar-refractivity contribution in [2.45, 2.75) is 13.8 Å².